The summed E-state index contributed by atoms with van der Waals surface area (Å²) in [7, 11) is -1.19. The van der Waals surface area contributed by atoms with E-state index >= 15 is 0 Å². The molecule has 1 unspecified atom stereocenters. The summed E-state index contributed by atoms with van der Waals surface area (Å²) in [6.07, 6.45) is 2.40. The monoisotopic (exact) mass is 444 g/mol. The SMILES string of the molecule is COc1ccc(-c2csc3ncnc(N4CCN(C5CCS(=O)(=O)C5)CC4)c23)cc1. The van der Waals surface area contributed by atoms with Gasteiger partial charge in [0.05, 0.1) is 24.0 Å². The van der Waals surface area contributed by atoms with E-state index in [9.17, 15) is 8.42 Å². The molecular formula is C21H24N4O3S2. The molecular weight excluding hydrogens is 420 g/mol. The normalized spacial score (nSPS) is 21.9. The Balaban J connectivity index is 1.40. The number of hydrogen-bond donors (Lipinski definition) is 0. The highest BCUT2D eigenvalue weighted by Gasteiger charge is 2.34. The summed E-state index contributed by atoms with van der Waals surface area (Å²) >= 11 is 1.63. The van der Waals surface area contributed by atoms with E-state index in [4.69, 9.17) is 4.74 Å². The topological polar surface area (TPSA) is 75.6 Å². The molecule has 2 aromatic heterocycles. The predicted molar refractivity (Wildman–Crippen MR) is 120 cm³/mol. The van der Waals surface area contributed by atoms with Crippen LogP contribution >= 0.6 is 11.3 Å². The Bertz CT molecular complexity index is 1150. The third-order valence-electron chi connectivity index (χ3n) is 6.09. The highest BCUT2D eigenvalue weighted by atomic mass is 32.2. The third kappa shape index (κ3) is 3.66. The third-order valence-corrected chi connectivity index (χ3v) is 8.73. The van der Waals surface area contributed by atoms with Crippen molar-refractivity contribution in [2.24, 2.45) is 0 Å². The van der Waals surface area contributed by atoms with Gasteiger partial charge in [0.25, 0.3) is 0 Å². The van der Waals surface area contributed by atoms with E-state index in [0.717, 1.165) is 65.5 Å². The lowest BCUT2D eigenvalue weighted by Crippen LogP contribution is -2.51. The van der Waals surface area contributed by atoms with Gasteiger partial charge in [-0.3, -0.25) is 4.90 Å². The van der Waals surface area contributed by atoms with Gasteiger partial charge >= 0.3 is 0 Å². The van der Waals surface area contributed by atoms with Crippen LogP contribution in [0.4, 0.5) is 5.82 Å². The van der Waals surface area contributed by atoms with Crippen molar-refractivity contribution >= 4 is 37.2 Å². The van der Waals surface area contributed by atoms with Gasteiger partial charge in [0.1, 0.15) is 22.7 Å². The molecule has 0 N–H and O–H groups in total. The minimum absolute atomic E-state index is 0.165. The zero-order chi connectivity index (χ0) is 20.7. The Morgan fingerprint density at radius 1 is 1.10 bits per heavy atom. The zero-order valence-corrected chi connectivity index (χ0v) is 18.5. The van der Waals surface area contributed by atoms with Gasteiger partial charge in [0.15, 0.2) is 9.84 Å². The molecule has 2 saturated heterocycles. The largest absolute Gasteiger partial charge is 0.497 e. The number of fused-ring (bicyclic) bond motifs is 1. The fourth-order valence-electron chi connectivity index (χ4n) is 4.44. The summed E-state index contributed by atoms with van der Waals surface area (Å²) in [5.41, 5.74) is 2.26. The lowest BCUT2D eigenvalue weighted by atomic mass is 10.1. The van der Waals surface area contributed by atoms with Crippen molar-refractivity contribution in [3.8, 4) is 16.9 Å². The van der Waals surface area contributed by atoms with Gasteiger partial charge in [0.2, 0.25) is 0 Å². The first kappa shape index (κ1) is 19.7. The number of rotatable bonds is 4. The molecule has 0 amide bonds. The number of hydrogen-bond acceptors (Lipinski definition) is 8. The van der Waals surface area contributed by atoms with Crippen LogP contribution in [0.3, 0.4) is 0 Å². The number of methoxy groups -OCH3 is 1. The maximum atomic E-state index is 11.8. The van der Waals surface area contributed by atoms with Gasteiger partial charge in [-0.05, 0) is 24.1 Å². The molecule has 4 heterocycles. The first-order chi connectivity index (χ1) is 14.5. The average Bonchev–Trinajstić information content (AvgIpc) is 3.37. The zero-order valence-electron chi connectivity index (χ0n) is 16.8. The van der Waals surface area contributed by atoms with E-state index in [0.29, 0.717) is 11.5 Å². The quantitative estimate of drug-likeness (QED) is 0.612. The first-order valence-electron chi connectivity index (χ1n) is 10.1. The second-order valence-electron chi connectivity index (χ2n) is 7.84. The van der Waals surface area contributed by atoms with Gasteiger partial charge in [-0.25, -0.2) is 18.4 Å². The van der Waals surface area contributed by atoms with E-state index in [1.807, 2.05) is 12.1 Å². The fourth-order valence-corrected chi connectivity index (χ4v) is 7.12. The molecule has 0 spiro atoms. The average molecular weight is 445 g/mol. The van der Waals surface area contributed by atoms with E-state index in [1.54, 1.807) is 24.8 Å². The minimum Gasteiger partial charge on any atom is -0.497 e. The summed E-state index contributed by atoms with van der Waals surface area (Å²) in [5, 5.41) is 3.23. The highest BCUT2D eigenvalue weighted by Crippen LogP contribution is 2.38. The van der Waals surface area contributed by atoms with Crippen LogP contribution in [-0.4, -0.2) is 74.1 Å². The number of anilines is 1. The highest BCUT2D eigenvalue weighted by molar-refractivity contribution is 7.91. The molecule has 9 heteroatoms. The van der Waals surface area contributed by atoms with Gasteiger partial charge in [-0.2, -0.15) is 0 Å². The van der Waals surface area contributed by atoms with Crippen molar-refractivity contribution in [3.63, 3.8) is 0 Å². The van der Waals surface area contributed by atoms with Crippen LogP contribution in [0.2, 0.25) is 0 Å². The van der Waals surface area contributed by atoms with Gasteiger partial charge in [-0.1, -0.05) is 12.1 Å². The van der Waals surface area contributed by atoms with E-state index < -0.39 is 9.84 Å². The Morgan fingerprint density at radius 2 is 1.87 bits per heavy atom. The number of thiophene rings is 1. The van der Waals surface area contributed by atoms with Crippen molar-refractivity contribution in [3.05, 3.63) is 36.0 Å². The molecule has 0 radical (unpaired) electrons. The van der Waals surface area contributed by atoms with Crippen LogP contribution in [-0.2, 0) is 9.84 Å². The molecule has 0 aliphatic carbocycles. The van der Waals surface area contributed by atoms with Crippen LogP contribution in [0, 0.1) is 0 Å². The maximum absolute atomic E-state index is 11.8. The molecule has 2 fully saturated rings. The maximum Gasteiger partial charge on any atom is 0.151 e. The Kier molecular flexibility index (Phi) is 5.12. The summed E-state index contributed by atoms with van der Waals surface area (Å²) in [6.45, 7) is 3.38. The molecule has 7 nitrogen and oxygen atoms in total. The summed E-state index contributed by atoms with van der Waals surface area (Å²) in [6, 6.07) is 8.23. The van der Waals surface area contributed by atoms with Crippen LogP contribution in [0.25, 0.3) is 21.3 Å². The van der Waals surface area contributed by atoms with Gasteiger partial charge < -0.3 is 9.64 Å². The number of piperazine rings is 1. The van der Waals surface area contributed by atoms with Crippen molar-refractivity contribution in [2.45, 2.75) is 12.5 Å². The number of nitrogens with zero attached hydrogens (tertiary/aromatic N) is 4. The van der Waals surface area contributed by atoms with Crippen LogP contribution in [0.1, 0.15) is 6.42 Å². The van der Waals surface area contributed by atoms with Crippen LogP contribution in [0.5, 0.6) is 5.75 Å². The van der Waals surface area contributed by atoms with E-state index in [1.165, 1.54) is 0 Å². The summed E-state index contributed by atoms with van der Waals surface area (Å²) in [5.74, 6) is 2.42. The predicted octanol–water partition coefficient (Wildman–Crippen LogP) is 2.68. The molecule has 0 bridgehead atoms. The van der Waals surface area contributed by atoms with Gasteiger partial charge in [-0.15, -0.1) is 11.3 Å². The minimum atomic E-state index is -2.86. The van der Waals surface area contributed by atoms with E-state index in [2.05, 4.69) is 37.3 Å². The second-order valence-corrected chi connectivity index (χ2v) is 10.9. The van der Waals surface area contributed by atoms with Gasteiger partial charge in [0, 0.05) is 43.2 Å². The molecule has 158 valence electrons. The van der Waals surface area contributed by atoms with Crippen LogP contribution in [0.15, 0.2) is 36.0 Å². The van der Waals surface area contributed by atoms with Crippen LogP contribution < -0.4 is 9.64 Å². The Morgan fingerprint density at radius 3 is 2.53 bits per heavy atom. The van der Waals surface area contributed by atoms with Crippen molar-refractivity contribution in [1.82, 2.24) is 14.9 Å². The molecule has 2 aliphatic heterocycles. The number of benzene rings is 1. The smallest absolute Gasteiger partial charge is 0.151 e. The molecule has 1 atom stereocenters. The molecule has 0 saturated carbocycles. The molecule has 3 aromatic rings. The van der Waals surface area contributed by atoms with Crippen molar-refractivity contribution in [2.75, 3.05) is 49.7 Å². The summed E-state index contributed by atoms with van der Waals surface area (Å²) in [4.78, 5) is 14.8. The Hall–Kier alpha value is -2.23. The first-order valence-corrected chi connectivity index (χ1v) is 12.8. The second kappa shape index (κ2) is 7.79. The molecule has 2 aliphatic rings. The van der Waals surface area contributed by atoms with Crippen molar-refractivity contribution < 1.29 is 13.2 Å². The molecule has 1 aromatic carbocycles. The molecule has 30 heavy (non-hydrogen) atoms. The number of ether oxygens (including phenoxy) is 1. The Labute approximate surface area is 180 Å². The molecule has 5 rings (SSSR count). The number of aromatic nitrogens is 2. The number of sulfone groups is 1. The lowest BCUT2D eigenvalue weighted by Gasteiger charge is -2.38. The standard InChI is InChI=1S/C21H24N4O3S2/c1-28-17-4-2-15(3-5-17)18-12-29-21-19(18)20(22-14-23-21)25-9-7-24(8-10-25)16-6-11-30(26,27)13-16/h2-5,12,14,16H,6-11,13H2,1H3. The summed E-state index contributed by atoms with van der Waals surface area (Å²) < 4.78 is 29.0. The fraction of sp³-hybridized carbons (Fsp3) is 0.429. The van der Waals surface area contributed by atoms with Crippen molar-refractivity contribution in [1.29, 1.82) is 0 Å². The van der Waals surface area contributed by atoms with E-state index in [-0.39, 0.29) is 6.04 Å². The lowest BCUT2D eigenvalue weighted by molar-refractivity contribution is 0.200.